The van der Waals surface area contributed by atoms with Crippen molar-refractivity contribution in [3.05, 3.63) is 64.2 Å². The summed E-state index contributed by atoms with van der Waals surface area (Å²) in [5.74, 6) is 0.390. The Labute approximate surface area is 145 Å². The van der Waals surface area contributed by atoms with Crippen molar-refractivity contribution in [1.29, 1.82) is 0 Å². The molecule has 3 nitrogen and oxygen atoms in total. The third-order valence-corrected chi connectivity index (χ3v) is 4.61. The Morgan fingerprint density at radius 2 is 1.70 bits per heavy atom. The van der Waals surface area contributed by atoms with Crippen LogP contribution in [-0.2, 0) is 4.79 Å². The lowest BCUT2D eigenvalue weighted by Crippen LogP contribution is -2.15. The van der Waals surface area contributed by atoms with Gasteiger partial charge < -0.3 is 5.32 Å². The van der Waals surface area contributed by atoms with E-state index in [2.05, 4.69) is 5.32 Å². The first-order valence-corrected chi connectivity index (χ1v) is 8.72. The van der Waals surface area contributed by atoms with Gasteiger partial charge >= 0.3 is 0 Å². The topological polar surface area (TPSA) is 46.2 Å². The highest BCUT2D eigenvalue weighted by Gasteiger charge is 2.08. The number of benzene rings is 2. The molecule has 0 aromatic heterocycles. The van der Waals surface area contributed by atoms with Gasteiger partial charge in [0.15, 0.2) is 5.78 Å². The maximum atomic E-state index is 12.0. The fourth-order valence-electron chi connectivity index (χ4n) is 1.97. The third-order valence-electron chi connectivity index (χ3n) is 3.42. The van der Waals surface area contributed by atoms with Crippen LogP contribution < -0.4 is 5.32 Å². The van der Waals surface area contributed by atoms with Crippen molar-refractivity contribution in [3.8, 4) is 0 Å². The first kappa shape index (κ1) is 17.6. The summed E-state index contributed by atoms with van der Waals surface area (Å²) in [4.78, 5) is 23.9. The van der Waals surface area contributed by atoms with Crippen molar-refractivity contribution >= 4 is 40.7 Å². The highest BCUT2D eigenvalue weighted by Crippen LogP contribution is 2.15. The van der Waals surface area contributed by atoms with Crippen LogP contribution in [0.25, 0.3) is 0 Å². The number of carbonyl (C=O) groups excluding carboxylic acids is 2. The zero-order chi connectivity index (χ0) is 16.8. The van der Waals surface area contributed by atoms with Crippen molar-refractivity contribution in [3.63, 3.8) is 0 Å². The maximum Gasteiger partial charge on any atom is 0.234 e. The number of hydrogen-bond donors (Lipinski definition) is 1. The summed E-state index contributed by atoms with van der Waals surface area (Å²) in [5, 5.41) is 3.44. The summed E-state index contributed by atoms with van der Waals surface area (Å²) >= 11 is 7.09. The van der Waals surface area contributed by atoms with E-state index in [0.29, 0.717) is 10.6 Å². The van der Waals surface area contributed by atoms with Crippen LogP contribution in [0, 0.1) is 13.8 Å². The number of Topliss-reactive ketones (excluding diaryl/α,β-unsaturated/α-hetero) is 1. The Morgan fingerprint density at radius 3 is 2.35 bits per heavy atom. The molecule has 1 amide bonds. The number of amides is 1. The normalized spacial score (nSPS) is 10.4. The number of rotatable bonds is 6. The summed E-state index contributed by atoms with van der Waals surface area (Å²) in [7, 11) is 0. The van der Waals surface area contributed by atoms with Crippen LogP contribution in [0.2, 0.25) is 5.02 Å². The number of anilines is 1. The van der Waals surface area contributed by atoms with E-state index in [1.807, 2.05) is 32.0 Å². The van der Waals surface area contributed by atoms with Gasteiger partial charge in [0, 0.05) is 16.3 Å². The van der Waals surface area contributed by atoms with Gasteiger partial charge in [-0.3, -0.25) is 9.59 Å². The van der Waals surface area contributed by atoms with Crippen LogP contribution in [-0.4, -0.2) is 23.2 Å². The lowest BCUT2D eigenvalue weighted by molar-refractivity contribution is -0.113. The minimum absolute atomic E-state index is 0.00866. The predicted molar refractivity (Wildman–Crippen MR) is 97.7 cm³/mol. The van der Waals surface area contributed by atoms with E-state index >= 15 is 0 Å². The molecule has 0 saturated carbocycles. The molecule has 0 bridgehead atoms. The van der Waals surface area contributed by atoms with E-state index in [1.165, 1.54) is 17.3 Å². The molecular weight excluding hydrogens is 330 g/mol. The largest absolute Gasteiger partial charge is 0.325 e. The molecule has 0 aliphatic carbocycles. The van der Waals surface area contributed by atoms with Crippen molar-refractivity contribution in [2.75, 3.05) is 16.8 Å². The fourth-order valence-corrected chi connectivity index (χ4v) is 2.81. The second-order valence-corrected chi connectivity index (χ2v) is 6.69. The van der Waals surface area contributed by atoms with Gasteiger partial charge in [0.1, 0.15) is 0 Å². The molecule has 1 N–H and O–H groups in total. The Bertz CT molecular complexity index is 713. The Balaban J connectivity index is 1.79. The van der Waals surface area contributed by atoms with E-state index in [4.69, 9.17) is 11.6 Å². The number of nitrogens with one attached hydrogen (secondary N) is 1. The Morgan fingerprint density at radius 1 is 1.00 bits per heavy atom. The fraction of sp³-hybridized carbons (Fsp3) is 0.222. The molecule has 23 heavy (non-hydrogen) atoms. The first-order valence-electron chi connectivity index (χ1n) is 7.19. The molecule has 0 aliphatic rings. The van der Waals surface area contributed by atoms with Crippen molar-refractivity contribution < 1.29 is 9.59 Å². The molecule has 120 valence electrons. The minimum atomic E-state index is -0.109. The number of halogens is 1. The molecule has 0 atom stereocenters. The second-order valence-electron chi connectivity index (χ2n) is 5.27. The molecule has 0 aliphatic heterocycles. The van der Waals surface area contributed by atoms with Gasteiger partial charge in [-0.05, 0) is 61.4 Å². The molecule has 0 saturated heterocycles. The molecule has 0 heterocycles. The number of hydrogen-bond acceptors (Lipinski definition) is 3. The van der Waals surface area contributed by atoms with E-state index in [-0.39, 0.29) is 23.2 Å². The smallest absolute Gasteiger partial charge is 0.234 e. The molecule has 5 heteroatoms. The van der Waals surface area contributed by atoms with Gasteiger partial charge in [0.25, 0.3) is 0 Å². The van der Waals surface area contributed by atoms with Crippen molar-refractivity contribution in [2.45, 2.75) is 13.8 Å². The molecule has 0 fully saturated rings. The summed E-state index contributed by atoms with van der Waals surface area (Å²) in [6.45, 7) is 4.03. The van der Waals surface area contributed by atoms with Gasteiger partial charge in [0.2, 0.25) is 5.91 Å². The first-order chi connectivity index (χ1) is 11.0. The predicted octanol–water partition coefficient (Wildman–Crippen LogP) is 4.51. The van der Waals surface area contributed by atoms with E-state index in [9.17, 15) is 9.59 Å². The monoisotopic (exact) mass is 347 g/mol. The molecule has 2 rings (SSSR count). The van der Waals surface area contributed by atoms with Crippen LogP contribution in [0.15, 0.2) is 42.5 Å². The van der Waals surface area contributed by atoms with Gasteiger partial charge in [-0.15, -0.1) is 11.8 Å². The van der Waals surface area contributed by atoms with Crippen LogP contribution in [0.4, 0.5) is 5.69 Å². The molecule has 0 unspecified atom stereocenters. The summed E-state index contributed by atoms with van der Waals surface area (Å²) in [6.07, 6.45) is 0. The number of ketones is 1. The van der Waals surface area contributed by atoms with Crippen molar-refractivity contribution in [2.24, 2.45) is 0 Å². The molecule has 2 aromatic rings. The number of carbonyl (C=O) groups is 2. The average Bonchev–Trinajstić information content (AvgIpc) is 2.51. The SMILES string of the molecule is Cc1ccc(NC(=O)CSCC(=O)c2ccc(Cl)cc2)cc1C. The molecule has 2 aromatic carbocycles. The third kappa shape index (κ3) is 5.41. The zero-order valence-corrected chi connectivity index (χ0v) is 14.6. The summed E-state index contributed by atoms with van der Waals surface area (Å²) in [5.41, 5.74) is 3.71. The lowest BCUT2D eigenvalue weighted by atomic mass is 10.1. The molecule has 0 spiro atoms. The van der Waals surface area contributed by atoms with E-state index in [0.717, 1.165) is 11.3 Å². The van der Waals surface area contributed by atoms with Gasteiger partial charge in [-0.1, -0.05) is 17.7 Å². The Kier molecular flexibility index (Phi) is 6.25. The molecule has 0 radical (unpaired) electrons. The maximum absolute atomic E-state index is 12.0. The van der Waals surface area contributed by atoms with Crippen LogP contribution in [0.1, 0.15) is 21.5 Å². The van der Waals surface area contributed by atoms with E-state index < -0.39 is 0 Å². The van der Waals surface area contributed by atoms with Crippen LogP contribution in [0.3, 0.4) is 0 Å². The average molecular weight is 348 g/mol. The quantitative estimate of drug-likeness (QED) is 0.782. The second kappa shape index (κ2) is 8.18. The van der Waals surface area contributed by atoms with Gasteiger partial charge in [-0.25, -0.2) is 0 Å². The molecular formula is C18H18ClNO2S. The highest BCUT2D eigenvalue weighted by molar-refractivity contribution is 8.00. The highest BCUT2D eigenvalue weighted by atomic mass is 35.5. The van der Waals surface area contributed by atoms with Crippen LogP contribution >= 0.6 is 23.4 Å². The lowest BCUT2D eigenvalue weighted by Gasteiger charge is -2.07. The van der Waals surface area contributed by atoms with E-state index in [1.54, 1.807) is 24.3 Å². The van der Waals surface area contributed by atoms with Crippen LogP contribution in [0.5, 0.6) is 0 Å². The van der Waals surface area contributed by atoms with Gasteiger partial charge in [0.05, 0.1) is 11.5 Å². The Hall–Kier alpha value is -1.78. The zero-order valence-electron chi connectivity index (χ0n) is 13.1. The minimum Gasteiger partial charge on any atom is -0.325 e. The summed E-state index contributed by atoms with van der Waals surface area (Å²) in [6, 6.07) is 12.6. The standard InChI is InChI=1S/C18H18ClNO2S/c1-12-3-8-16(9-13(12)2)20-18(22)11-23-10-17(21)14-4-6-15(19)7-5-14/h3-9H,10-11H2,1-2H3,(H,20,22). The number of thioether (sulfide) groups is 1. The van der Waals surface area contributed by atoms with Crippen molar-refractivity contribution in [1.82, 2.24) is 0 Å². The van der Waals surface area contributed by atoms with Gasteiger partial charge in [-0.2, -0.15) is 0 Å². The number of aryl methyl sites for hydroxylation is 2. The summed E-state index contributed by atoms with van der Waals surface area (Å²) < 4.78 is 0.